The van der Waals surface area contributed by atoms with Gasteiger partial charge in [-0.1, -0.05) is 41.1 Å². The first kappa shape index (κ1) is 29.9. The molecule has 5 rings (SSSR count). The van der Waals surface area contributed by atoms with Gasteiger partial charge in [-0.05, 0) is 52.2 Å². The molecule has 2 aliphatic rings. The van der Waals surface area contributed by atoms with Crippen LogP contribution < -0.4 is 15.5 Å². The van der Waals surface area contributed by atoms with E-state index in [4.69, 9.17) is 9.57 Å². The molecule has 2 aliphatic heterocycles. The maximum atomic E-state index is 14.2. The van der Waals surface area contributed by atoms with Gasteiger partial charge in [-0.25, -0.2) is 8.78 Å². The summed E-state index contributed by atoms with van der Waals surface area (Å²) in [7, 11) is 0. The third kappa shape index (κ3) is 6.30. The fourth-order valence-electron chi connectivity index (χ4n) is 5.38. The molecule has 0 saturated carbocycles. The van der Waals surface area contributed by atoms with Crippen LogP contribution in [0.15, 0.2) is 58.6 Å². The minimum Gasteiger partial charge on any atom is -0.483 e. The number of ether oxygens (including phenoxy) is 1. The molecule has 3 atom stereocenters. The van der Waals surface area contributed by atoms with Crippen LogP contribution in [0, 0.1) is 18.6 Å². The highest BCUT2D eigenvalue weighted by atomic mass is 19.1. The monoisotopic (exact) mass is 592 g/mol. The summed E-state index contributed by atoms with van der Waals surface area (Å²) < 4.78 is 35.3. The van der Waals surface area contributed by atoms with Crippen LogP contribution in [0.5, 0.6) is 5.75 Å². The number of aromatic nitrogens is 1. The number of amides is 2. The minimum atomic E-state index is -0.824. The maximum Gasteiger partial charge on any atom is 0.274 e. The Morgan fingerprint density at radius 1 is 1.09 bits per heavy atom. The molecular formula is C32H34F2N4O5. The summed E-state index contributed by atoms with van der Waals surface area (Å²) in [6.07, 6.45) is 2.13. The van der Waals surface area contributed by atoms with E-state index in [2.05, 4.69) is 10.5 Å². The Bertz CT molecular complexity index is 1630. The zero-order chi connectivity index (χ0) is 30.8. The topological polar surface area (TPSA) is 102 Å². The van der Waals surface area contributed by atoms with Gasteiger partial charge in [0.25, 0.3) is 11.8 Å². The van der Waals surface area contributed by atoms with E-state index in [-0.39, 0.29) is 54.2 Å². The van der Waals surface area contributed by atoms with Crippen molar-refractivity contribution in [3.63, 3.8) is 0 Å². The van der Waals surface area contributed by atoms with Crippen molar-refractivity contribution in [2.75, 3.05) is 6.54 Å². The van der Waals surface area contributed by atoms with Crippen LogP contribution in [0.1, 0.15) is 77.2 Å². The van der Waals surface area contributed by atoms with Crippen LogP contribution >= 0.6 is 0 Å². The van der Waals surface area contributed by atoms with Crippen molar-refractivity contribution in [2.24, 2.45) is 5.16 Å². The highest BCUT2D eigenvalue weighted by molar-refractivity contribution is 5.99. The third-order valence-electron chi connectivity index (χ3n) is 7.80. The molecule has 1 N–H and O–H groups in total. The molecule has 0 aliphatic carbocycles. The number of rotatable bonds is 8. The number of halogens is 2. The zero-order valence-corrected chi connectivity index (χ0v) is 24.5. The Hall–Kier alpha value is -4.54. The van der Waals surface area contributed by atoms with E-state index < -0.39 is 35.1 Å². The predicted octanol–water partition coefficient (Wildman–Crippen LogP) is 4.90. The van der Waals surface area contributed by atoms with E-state index in [0.29, 0.717) is 12.8 Å². The summed E-state index contributed by atoms with van der Waals surface area (Å²) in [6, 6.07) is 9.96. The number of carbonyl (C=O) groups excluding carboxylic acids is 2. The van der Waals surface area contributed by atoms with E-state index >= 15 is 0 Å². The normalized spacial score (nSPS) is 19.3. The van der Waals surface area contributed by atoms with Gasteiger partial charge in [-0.3, -0.25) is 14.4 Å². The minimum absolute atomic E-state index is 0.0128. The lowest BCUT2D eigenvalue weighted by Crippen LogP contribution is -2.49. The number of hydrogen-bond donors (Lipinski definition) is 1. The first-order valence-electron chi connectivity index (χ1n) is 14.2. The Morgan fingerprint density at radius 2 is 1.84 bits per heavy atom. The van der Waals surface area contributed by atoms with Gasteiger partial charge in [-0.15, -0.1) is 0 Å². The summed E-state index contributed by atoms with van der Waals surface area (Å²) in [6.45, 7) is 7.51. The van der Waals surface area contributed by atoms with Crippen molar-refractivity contribution in [3.8, 4) is 5.75 Å². The van der Waals surface area contributed by atoms with Gasteiger partial charge in [-0.2, -0.15) is 0 Å². The molecule has 11 heteroatoms. The molecule has 1 saturated heterocycles. The number of aryl methyl sites for hydroxylation is 1. The van der Waals surface area contributed by atoms with Crippen LogP contribution in [-0.4, -0.2) is 45.7 Å². The Kier molecular flexibility index (Phi) is 8.61. The van der Waals surface area contributed by atoms with E-state index in [1.165, 1.54) is 12.3 Å². The van der Waals surface area contributed by atoms with Crippen molar-refractivity contribution >= 4 is 17.5 Å². The Labute approximate surface area is 248 Å². The largest absolute Gasteiger partial charge is 0.483 e. The van der Waals surface area contributed by atoms with E-state index in [1.54, 1.807) is 9.47 Å². The van der Waals surface area contributed by atoms with Crippen LogP contribution in [0.4, 0.5) is 8.78 Å². The molecule has 1 fully saturated rings. The van der Waals surface area contributed by atoms with Gasteiger partial charge in [0.05, 0.1) is 11.8 Å². The number of benzene rings is 2. The van der Waals surface area contributed by atoms with Gasteiger partial charge in [0.1, 0.15) is 29.9 Å². The first-order chi connectivity index (χ1) is 20.5. The quantitative estimate of drug-likeness (QED) is 0.296. The lowest BCUT2D eigenvalue weighted by atomic mass is 10.0. The molecule has 0 spiro atoms. The molecule has 226 valence electrons. The lowest BCUT2D eigenvalue weighted by molar-refractivity contribution is 0.00757. The maximum absolute atomic E-state index is 14.2. The number of carbonyl (C=O) groups is 2. The lowest BCUT2D eigenvalue weighted by Gasteiger charge is -2.38. The second-order valence-electron chi connectivity index (χ2n) is 11.3. The fraction of sp³-hybridized carbons (Fsp3) is 0.375. The summed E-state index contributed by atoms with van der Waals surface area (Å²) in [5.74, 6) is -2.98. The molecule has 2 bridgehead atoms. The van der Waals surface area contributed by atoms with Crippen LogP contribution in [-0.2, 0) is 18.0 Å². The molecule has 2 amide bonds. The first-order valence-corrected chi connectivity index (χ1v) is 14.2. The van der Waals surface area contributed by atoms with Crippen molar-refractivity contribution in [1.82, 2.24) is 14.8 Å². The Morgan fingerprint density at radius 3 is 2.53 bits per heavy atom. The number of nitrogens with zero attached hydrogens (tertiary/aromatic N) is 3. The van der Waals surface area contributed by atoms with Gasteiger partial charge < -0.3 is 24.4 Å². The van der Waals surface area contributed by atoms with Crippen LogP contribution in [0.25, 0.3) is 0 Å². The number of hydrogen-bond acceptors (Lipinski definition) is 6. The smallest absolute Gasteiger partial charge is 0.274 e. The van der Waals surface area contributed by atoms with E-state index in [9.17, 15) is 23.2 Å². The Balaban J connectivity index is 1.58. The van der Waals surface area contributed by atoms with Crippen molar-refractivity contribution in [2.45, 2.75) is 71.9 Å². The molecule has 3 heterocycles. The molecule has 2 aromatic carbocycles. The molecule has 3 unspecified atom stereocenters. The second-order valence-corrected chi connectivity index (χ2v) is 11.3. The average Bonchev–Trinajstić information content (AvgIpc) is 3.11. The van der Waals surface area contributed by atoms with E-state index in [0.717, 1.165) is 29.0 Å². The molecule has 9 nitrogen and oxygen atoms in total. The predicted molar refractivity (Wildman–Crippen MR) is 156 cm³/mol. The molecule has 43 heavy (non-hydrogen) atoms. The number of oxime groups is 1. The van der Waals surface area contributed by atoms with E-state index in [1.807, 2.05) is 52.0 Å². The number of nitrogens with one attached hydrogen (secondary N) is 1. The van der Waals surface area contributed by atoms with Gasteiger partial charge in [0.2, 0.25) is 5.43 Å². The van der Waals surface area contributed by atoms with Crippen LogP contribution in [0.3, 0.4) is 0 Å². The zero-order valence-electron chi connectivity index (χ0n) is 24.5. The highest BCUT2D eigenvalue weighted by Crippen LogP contribution is 2.36. The summed E-state index contributed by atoms with van der Waals surface area (Å²) in [4.78, 5) is 48.8. The van der Waals surface area contributed by atoms with Crippen molar-refractivity contribution < 1.29 is 27.9 Å². The summed E-state index contributed by atoms with van der Waals surface area (Å²) >= 11 is 0. The molecule has 0 radical (unpaired) electrons. The second kappa shape index (κ2) is 12.4. The molecule has 1 aromatic heterocycles. The fourth-order valence-corrected chi connectivity index (χ4v) is 5.38. The standard InChI is InChI=1S/C32H34F2N4O5/c1-18(2)36-43-27-12-7-20(4)37-16-26(27)38-15-24(31(40)35-14-22-10-11-23(33)13-25(22)34)29(39)30(28(38)32(37)41)42-17-21-8-5-19(3)6-9-21/h5-6,8-11,13,15,20,26-27H,7,12,14,16-17H2,1-4H3,(H,35,40). The SMILES string of the molecule is CC(C)=NOC1CCC(C)N2CC1n1cc(C(=O)NCc3ccc(F)cc3F)c(=O)c(OCc3ccc(C)cc3)c1C2=O. The average molecular weight is 593 g/mol. The van der Waals surface area contributed by atoms with Gasteiger partial charge >= 0.3 is 0 Å². The van der Waals surface area contributed by atoms with Gasteiger partial charge in [0.15, 0.2) is 11.4 Å². The van der Waals surface area contributed by atoms with Crippen molar-refractivity contribution in [1.29, 1.82) is 0 Å². The number of fused-ring (bicyclic) bond motifs is 4. The van der Waals surface area contributed by atoms with Crippen molar-refractivity contribution in [3.05, 3.63) is 98.5 Å². The molecule has 3 aromatic rings. The van der Waals surface area contributed by atoms with Crippen LogP contribution in [0.2, 0.25) is 0 Å². The van der Waals surface area contributed by atoms with Gasteiger partial charge in [0, 0.05) is 37.0 Å². The number of pyridine rings is 1. The molecular weight excluding hydrogens is 558 g/mol. The highest BCUT2D eigenvalue weighted by Gasteiger charge is 2.44. The third-order valence-corrected chi connectivity index (χ3v) is 7.80. The summed E-state index contributed by atoms with van der Waals surface area (Å²) in [5, 5.41) is 6.73. The summed E-state index contributed by atoms with van der Waals surface area (Å²) in [5.41, 5.74) is 1.58.